The predicted molar refractivity (Wildman–Crippen MR) is 116 cm³/mol. The van der Waals surface area contributed by atoms with Gasteiger partial charge in [-0.2, -0.15) is 0 Å². The highest BCUT2D eigenvalue weighted by molar-refractivity contribution is 7.14. The molecule has 4 rings (SSSR count). The highest BCUT2D eigenvalue weighted by Gasteiger charge is 2.15. The van der Waals surface area contributed by atoms with Crippen molar-refractivity contribution in [3.63, 3.8) is 0 Å². The molecule has 1 heterocycles. The average Bonchev–Trinajstić information content (AvgIpc) is 3.15. The molecule has 0 saturated carbocycles. The zero-order valence-corrected chi connectivity index (χ0v) is 17.0. The molecular weight excluding hydrogens is 415 g/mol. The second kappa shape index (κ2) is 7.80. The van der Waals surface area contributed by atoms with Crippen LogP contribution in [0.1, 0.15) is 10.4 Å². The van der Waals surface area contributed by atoms with Crippen LogP contribution in [0.15, 0.2) is 60.0 Å². The van der Waals surface area contributed by atoms with Crippen LogP contribution in [-0.4, -0.2) is 18.0 Å². The number of ether oxygens (including phenoxy) is 1. The molecule has 4 aromatic rings. The number of fused-ring (bicyclic) bond motifs is 1. The number of aromatic nitrogens is 1. The first-order chi connectivity index (χ1) is 13.6. The van der Waals surface area contributed by atoms with Crippen molar-refractivity contribution in [1.82, 2.24) is 4.98 Å². The molecule has 7 heteroatoms. The van der Waals surface area contributed by atoms with Gasteiger partial charge in [-0.05, 0) is 22.9 Å². The first-order valence-corrected chi connectivity index (χ1v) is 9.98. The van der Waals surface area contributed by atoms with E-state index in [9.17, 15) is 4.79 Å². The van der Waals surface area contributed by atoms with Crippen molar-refractivity contribution in [2.24, 2.45) is 0 Å². The molecule has 140 valence electrons. The summed E-state index contributed by atoms with van der Waals surface area (Å²) in [5, 5.41) is 8.02. The second-order valence-corrected chi connectivity index (χ2v) is 7.66. The van der Waals surface area contributed by atoms with Crippen LogP contribution in [0.2, 0.25) is 10.0 Å². The molecule has 1 amide bonds. The van der Waals surface area contributed by atoms with Gasteiger partial charge in [0.15, 0.2) is 10.9 Å². The maximum absolute atomic E-state index is 12.6. The van der Waals surface area contributed by atoms with Gasteiger partial charge in [-0.25, -0.2) is 4.98 Å². The van der Waals surface area contributed by atoms with Crippen LogP contribution in [0.5, 0.6) is 5.75 Å². The van der Waals surface area contributed by atoms with E-state index in [0.29, 0.717) is 16.4 Å². The normalized spacial score (nSPS) is 10.8. The zero-order valence-electron chi connectivity index (χ0n) is 14.7. The van der Waals surface area contributed by atoms with E-state index in [0.717, 1.165) is 22.0 Å². The topological polar surface area (TPSA) is 51.2 Å². The molecule has 4 nitrogen and oxygen atoms in total. The molecule has 0 spiro atoms. The lowest BCUT2D eigenvalue weighted by molar-refractivity contribution is 0.102. The first kappa shape index (κ1) is 18.7. The molecule has 0 bridgehead atoms. The predicted octanol–water partition coefficient (Wildman–Crippen LogP) is 6.53. The molecule has 0 radical (unpaired) electrons. The van der Waals surface area contributed by atoms with Crippen molar-refractivity contribution in [2.45, 2.75) is 0 Å². The number of carbonyl (C=O) groups excluding carboxylic acids is 1. The van der Waals surface area contributed by atoms with Gasteiger partial charge < -0.3 is 4.74 Å². The van der Waals surface area contributed by atoms with Crippen LogP contribution in [0, 0.1) is 0 Å². The summed E-state index contributed by atoms with van der Waals surface area (Å²) < 4.78 is 5.11. The summed E-state index contributed by atoms with van der Waals surface area (Å²) in [4.78, 5) is 17.1. The van der Waals surface area contributed by atoms with E-state index in [2.05, 4.69) is 28.5 Å². The highest BCUT2D eigenvalue weighted by Crippen LogP contribution is 2.35. The van der Waals surface area contributed by atoms with Crippen molar-refractivity contribution >= 4 is 56.3 Å². The minimum absolute atomic E-state index is 0.274. The fourth-order valence-corrected chi connectivity index (χ4v) is 4.31. The molecule has 1 aromatic heterocycles. The first-order valence-electron chi connectivity index (χ1n) is 8.35. The van der Waals surface area contributed by atoms with E-state index in [1.807, 2.05) is 29.6 Å². The number of methoxy groups -OCH3 is 1. The van der Waals surface area contributed by atoms with E-state index in [1.54, 1.807) is 0 Å². The number of nitrogens with zero attached hydrogens (tertiary/aromatic N) is 1. The molecule has 0 saturated heterocycles. The van der Waals surface area contributed by atoms with Gasteiger partial charge in [0.25, 0.3) is 5.91 Å². The Labute approximate surface area is 175 Å². The number of carbonyl (C=O) groups is 1. The molecule has 1 N–H and O–H groups in total. The standard InChI is InChI=1S/C21H14Cl2N2O2S/c1-27-19-16(22)9-13(10-17(19)23)20(26)25-21-24-18(11-28-21)15-8-4-6-12-5-2-3-7-14(12)15/h2-11H,1H3,(H,24,25,26). The number of hydrogen-bond donors (Lipinski definition) is 1. The quantitative estimate of drug-likeness (QED) is 0.401. The summed E-state index contributed by atoms with van der Waals surface area (Å²) >= 11 is 13.6. The number of thiazole rings is 1. The summed E-state index contributed by atoms with van der Waals surface area (Å²) in [6.45, 7) is 0. The third-order valence-electron chi connectivity index (χ3n) is 4.25. The molecule has 3 aromatic carbocycles. The van der Waals surface area contributed by atoms with Gasteiger partial charge in [-0.1, -0.05) is 65.7 Å². The van der Waals surface area contributed by atoms with Crippen LogP contribution in [-0.2, 0) is 0 Å². The number of hydrogen-bond acceptors (Lipinski definition) is 4. The summed E-state index contributed by atoms with van der Waals surface area (Å²) in [7, 11) is 1.47. The lowest BCUT2D eigenvalue weighted by atomic mass is 10.0. The average molecular weight is 429 g/mol. The summed E-state index contributed by atoms with van der Waals surface area (Å²) in [5.41, 5.74) is 2.16. The van der Waals surface area contributed by atoms with E-state index < -0.39 is 0 Å². The maximum atomic E-state index is 12.6. The SMILES string of the molecule is COc1c(Cl)cc(C(=O)Nc2nc(-c3cccc4ccccc34)cs2)cc1Cl. The molecule has 0 aliphatic carbocycles. The minimum Gasteiger partial charge on any atom is -0.494 e. The van der Waals surface area contributed by atoms with Gasteiger partial charge in [0, 0.05) is 16.5 Å². The zero-order chi connectivity index (χ0) is 19.7. The van der Waals surface area contributed by atoms with Crippen LogP contribution in [0.4, 0.5) is 5.13 Å². The Bertz CT molecular complexity index is 1160. The molecule has 0 unspecified atom stereocenters. The Morgan fingerprint density at radius 2 is 1.79 bits per heavy atom. The molecule has 0 atom stereocenters. The van der Waals surface area contributed by atoms with Gasteiger partial charge in [0.1, 0.15) is 0 Å². The Hall–Kier alpha value is -2.60. The molecule has 0 aliphatic rings. The van der Waals surface area contributed by atoms with Crippen LogP contribution in [0.3, 0.4) is 0 Å². The number of benzene rings is 3. The smallest absolute Gasteiger partial charge is 0.257 e. The maximum Gasteiger partial charge on any atom is 0.257 e. The van der Waals surface area contributed by atoms with Crippen molar-refractivity contribution in [3.05, 3.63) is 75.6 Å². The fourth-order valence-electron chi connectivity index (χ4n) is 2.96. The lowest BCUT2D eigenvalue weighted by Crippen LogP contribution is -2.12. The van der Waals surface area contributed by atoms with Gasteiger partial charge in [0.05, 0.1) is 22.8 Å². The monoisotopic (exact) mass is 428 g/mol. The van der Waals surface area contributed by atoms with Gasteiger partial charge >= 0.3 is 0 Å². The van der Waals surface area contributed by atoms with Crippen molar-refractivity contribution in [1.29, 1.82) is 0 Å². The lowest BCUT2D eigenvalue weighted by Gasteiger charge is -2.08. The third-order valence-corrected chi connectivity index (χ3v) is 5.57. The summed E-state index contributed by atoms with van der Waals surface area (Å²) in [6.07, 6.45) is 0. The highest BCUT2D eigenvalue weighted by atomic mass is 35.5. The van der Waals surface area contributed by atoms with E-state index in [1.165, 1.54) is 30.6 Å². The minimum atomic E-state index is -0.342. The number of nitrogens with one attached hydrogen (secondary N) is 1. The fraction of sp³-hybridized carbons (Fsp3) is 0.0476. The Balaban J connectivity index is 1.61. The number of anilines is 1. The second-order valence-electron chi connectivity index (χ2n) is 5.99. The largest absolute Gasteiger partial charge is 0.494 e. The van der Waals surface area contributed by atoms with Crippen molar-refractivity contribution in [2.75, 3.05) is 12.4 Å². The van der Waals surface area contributed by atoms with Crippen molar-refractivity contribution < 1.29 is 9.53 Å². The van der Waals surface area contributed by atoms with E-state index in [4.69, 9.17) is 27.9 Å². The molecular formula is C21H14Cl2N2O2S. The number of amides is 1. The molecule has 0 fully saturated rings. The van der Waals surface area contributed by atoms with Gasteiger partial charge in [0.2, 0.25) is 0 Å². The summed E-state index contributed by atoms with van der Waals surface area (Å²) in [5.74, 6) is -0.00218. The van der Waals surface area contributed by atoms with Gasteiger partial charge in [-0.3, -0.25) is 10.1 Å². The summed E-state index contributed by atoms with van der Waals surface area (Å²) in [6, 6.07) is 17.2. The third kappa shape index (κ3) is 3.56. The molecule has 0 aliphatic heterocycles. The molecule has 28 heavy (non-hydrogen) atoms. The van der Waals surface area contributed by atoms with Crippen molar-refractivity contribution in [3.8, 4) is 17.0 Å². The number of rotatable bonds is 4. The number of halogens is 2. The van der Waals surface area contributed by atoms with Crippen LogP contribution in [0.25, 0.3) is 22.0 Å². The van der Waals surface area contributed by atoms with E-state index in [-0.39, 0.29) is 16.0 Å². The Morgan fingerprint density at radius 1 is 1.07 bits per heavy atom. The van der Waals surface area contributed by atoms with E-state index >= 15 is 0 Å². The Morgan fingerprint density at radius 3 is 2.54 bits per heavy atom. The van der Waals surface area contributed by atoms with Gasteiger partial charge in [-0.15, -0.1) is 11.3 Å². The Kier molecular flexibility index (Phi) is 5.22. The van der Waals surface area contributed by atoms with Crippen LogP contribution < -0.4 is 10.1 Å². The van der Waals surface area contributed by atoms with Crippen LogP contribution >= 0.6 is 34.5 Å².